The van der Waals surface area contributed by atoms with Crippen LogP contribution in [0, 0.1) is 0 Å². The molecule has 0 aliphatic carbocycles. The molecule has 2 fully saturated rings. The van der Waals surface area contributed by atoms with Crippen molar-refractivity contribution in [2.45, 2.75) is 25.7 Å². The zero-order valence-corrected chi connectivity index (χ0v) is 33.5. The smallest absolute Gasteiger partial charge is 1.00 e. The summed E-state index contributed by atoms with van der Waals surface area (Å²) in [5, 5.41) is 14.0. The predicted molar refractivity (Wildman–Crippen MR) is 149 cm³/mol. The number of hydrogen-bond donors (Lipinski definition) is 2. The summed E-state index contributed by atoms with van der Waals surface area (Å²) in [5.74, 6) is 3.48. The Bertz CT molecular complexity index is 317. The van der Waals surface area contributed by atoms with Gasteiger partial charge in [0.2, 0.25) is 0 Å². The normalized spacial score (nSPS) is 16.4. The summed E-state index contributed by atoms with van der Waals surface area (Å²) in [7, 11) is 2.00. The van der Waals surface area contributed by atoms with Crippen LogP contribution in [0.3, 0.4) is 0 Å². The molecule has 6 nitrogen and oxygen atoms in total. The molecule has 0 atom stereocenters. The van der Waals surface area contributed by atoms with Crippen LogP contribution in [0.15, 0.2) is 0 Å². The maximum atomic E-state index is 7.00. The van der Waals surface area contributed by atoms with E-state index in [-0.39, 0.29) is 103 Å². The Kier molecular flexibility index (Phi) is 81.9. The van der Waals surface area contributed by atoms with Gasteiger partial charge in [-0.1, -0.05) is 0 Å². The molecule has 2 heterocycles. The molecule has 0 radical (unpaired) electrons. The molecule has 248 valence electrons. The Morgan fingerprint density at radius 2 is 0.553 bits per heavy atom. The van der Waals surface area contributed by atoms with Crippen LogP contribution in [0.2, 0.25) is 0 Å². The maximum Gasteiger partial charge on any atom is 2.00 e. The minimum atomic E-state index is 0. The molecule has 0 aromatic rings. The maximum absolute atomic E-state index is 7.00. The van der Waals surface area contributed by atoms with Crippen molar-refractivity contribution >= 4 is 50.5 Å². The van der Waals surface area contributed by atoms with Crippen LogP contribution in [0.4, 0.5) is 0 Å². The summed E-state index contributed by atoms with van der Waals surface area (Å²) in [5.41, 5.74) is 0. The average molecular weight is 1110 g/mol. The van der Waals surface area contributed by atoms with Gasteiger partial charge in [0, 0.05) is 14.2 Å². The van der Waals surface area contributed by atoms with E-state index in [1.807, 2.05) is 0 Å². The second-order valence-electron chi connectivity index (χ2n) is 7.60. The molecular weight excluding hydrogens is 1060 g/mol. The van der Waals surface area contributed by atoms with Gasteiger partial charge in [-0.25, -0.2) is 0 Å². The minimum absolute atomic E-state index is 0. The van der Waals surface area contributed by atoms with Crippen LogP contribution in [0.25, 0.3) is 0 Å². The molecule has 2 aliphatic rings. The largest absolute Gasteiger partial charge is 2.00 e. The van der Waals surface area contributed by atoms with Crippen LogP contribution in [-0.2, 0) is 128 Å². The van der Waals surface area contributed by atoms with Crippen molar-refractivity contribution in [2.75, 3.05) is 116 Å². The molecule has 0 bridgehead atoms. The van der Waals surface area contributed by atoms with Crippen molar-refractivity contribution < 1.29 is 113 Å². The van der Waals surface area contributed by atoms with Crippen molar-refractivity contribution in [2.24, 2.45) is 0 Å². The molecule has 2 aliphatic heterocycles. The first-order valence-electron chi connectivity index (χ1n) is 11.8. The van der Waals surface area contributed by atoms with Gasteiger partial charge in [-0.15, -0.1) is 0 Å². The molecule has 0 spiro atoms. The molecule has 0 unspecified atom stereocenters. The Morgan fingerprint density at radius 3 is 0.658 bits per heavy atom. The van der Waals surface area contributed by atoms with Gasteiger partial charge in [-0.05, 0) is 104 Å². The summed E-state index contributed by atoms with van der Waals surface area (Å²) in [4.78, 5) is 9.99. The number of hydrogen-bond acceptors (Lipinski definition) is 10. The molecule has 38 heavy (non-hydrogen) atoms. The molecule has 0 saturated carbocycles. The molecule has 16 heteroatoms. The fraction of sp³-hybridized carbons (Fsp3) is 1.00. The van der Waals surface area contributed by atoms with Crippen LogP contribution in [-0.4, -0.2) is 146 Å². The summed E-state index contributed by atoms with van der Waals surface area (Å²) in [6.45, 7) is 14.1. The fourth-order valence-corrected chi connectivity index (χ4v) is 4.96. The Morgan fingerprint density at radius 1 is 0.421 bits per heavy atom. The van der Waals surface area contributed by atoms with Crippen LogP contribution >= 0.6 is 0 Å². The summed E-state index contributed by atoms with van der Waals surface area (Å²) in [6, 6.07) is 0. The topological polar surface area (TPSA) is 53.4 Å². The van der Waals surface area contributed by atoms with Crippen molar-refractivity contribution in [1.29, 1.82) is 0 Å². The summed E-state index contributed by atoms with van der Waals surface area (Å²) in [6.07, 6.45) is 5.07. The number of nitrogens with zero attached hydrogens (tertiary/aromatic N) is 4. The van der Waals surface area contributed by atoms with E-state index in [4.69, 9.17) is 60.7 Å². The molecule has 0 amide bonds. The third kappa shape index (κ3) is 38.2. The van der Waals surface area contributed by atoms with Crippen LogP contribution < -0.4 is 24.8 Å². The second-order valence-corrected chi connectivity index (χ2v) is 9.23. The van der Waals surface area contributed by atoms with E-state index in [1.165, 1.54) is 78.0 Å². The quantitative estimate of drug-likeness (QED) is 0.182. The molecule has 0 aromatic heterocycles. The van der Waals surface area contributed by atoms with E-state index < -0.39 is 0 Å². The van der Waals surface area contributed by atoms with Crippen molar-refractivity contribution in [3.05, 3.63) is 0 Å². The molecule has 2 N–H and O–H groups in total. The number of halogens is 2. The number of rotatable bonds is 8. The fourth-order valence-electron chi connectivity index (χ4n) is 3.93. The van der Waals surface area contributed by atoms with Gasteiger partial charge in [-0.2, -0.15) is 23.0 Å². The second kappa shape index (κ2) is 50.8. The van der Waals surface area contributed by atoms with Gasteiger partial charge in [-0.3, -0.25) is 0 Å². The number of aliphatic hydroxyl groups excluding tert-OH is 2. The Labute approximate surface area is 320 Å². The van der Waals surface area contributed by atoms with Gasteiger partial charge < -0.3 is 105 Å². The zero-order valence-electron chi connectivity index (χ0n) is 22.4. The number of aliphatic hydroxyl groups is 2. The predicted octanol–water partition coefficient (Wildman–Crippen LogP) is -5.83. The SMILES string of the molecule is CO.CO.[Au+].[Au+].[Cl-].[Cl-].[Ni+2].[Ni+2].[S-]CCN1CCCN(CC[S-])CCC1.[S-]CCN1CCCN(CC[S-])CCC1. The van der Waals surface area contributed by atoms with Crippen molar-refractivity contribution in [3.63, 3.8) is 0 Å². The van der Waals surface area contributed by atoms with E-state index in [0.29, 0.717) is 0 Å². The average Bonchev–Trinajstić information content (AvgIpc) is 2.78. The van der Waals surface area contributed by atoms with E-state index >= 15 is 0 Å². The first-order chi connectivity index (χ1) is 15.7. The zero-order chi connectivity index (χ0) is 24.5. The first kappa shape index (κ1) is 61.2. The summed E-state index contributed by atoms with van der Waals surface area (Å²) < 4.78 is 0. The van der Waals surface area contributed by atoms with E-state index in [1.54, 1.807) is 0 Å². The van der Waals surface area contributed by atoms with Crippen LogP contribution in [0.5, 0.6) is 0 Å². The van der Waals surface area contributed by atoms with E-state index in [0.717, 1.165) is 63.4 Å². The summed E-state index contributed by atoms with van der Waals surface area (Å²) >= 11 is 20.0. The van der Waals surface area contributed by atoms with E-state index in [2.05, 4.69) is 19.6 Å². The van der Waals surface area contributed by atoms with Gasteiger partial charge in [0.15, 0.2) is 0 Å². The first-order valence-corrected chi connectivity index (χ1v) is 14.2. The van der Waals surface area contributed by atoms with Crippen LogP contribution in [0.1, 0.15) is 25.7 Å². The minimum Gasteiger partial charge on any atom is -1.00 e. The van der Waals surface area contributed by atoms with Crippen molar-refractivity contribution in [1.82, 2.24) is 19.6 Å². The Balaban J connectivity index is -0.0000000611. The van der Waals surface area contributed by atoms with Gasteiger partial charge in [0.05, 0.1) is 0 Å². The molecule has 2 rings (SSSR count). The van der Waals surface area contributed by atoms with Gasteiger partial charge in [0.1, 0.15) is 0 Å². The van der Waals surface area contributed by atoms with Gasteiger partial charge >= 0.3 is 77.7 Å². The third-order valence-electron chi connectivity index (χ3n) is 5.42. The molecule has 0 aromatic carbocycles. The van der Waals surface area contributed by atoms with E-state index in [9.17, 15) is 0 Å². The third-order valence-corrected chi connectivity index (χ3v) is 6.16. The monoisotopic (exact) mass is 1110 g/mol. The standard InChI is InChI=1S/2C10H22N2S2.2CH4O.2Au.2ClH.2Ni/c2*13-9-7-11-3-1-4-12(8-10-14)6-2-5-11;2*1-2;;;;;;/h2*13-14H,1-10H2;2*2H,1H3;;;2*1H;;/q;;;;2*+1;;;2*+2/p-6. The Hall–Kier alpha value is 4.21. The van der Waals surface area contributed by atoms with Crippen molar-refractivity contribution in [3.8, 4) is 0 Å². The molecular formula is C22H48Au2Cl2N4Ni2O2S4. The van der Waals surface area contributed by atoms with Gasteiger partial charge in [0.25, 0.3) is 0 Å². The molecule has 2 saturated heterocycles.